The molecule has 3 N–H and O–H groups in total. The fourth-order valence-corrected chi connectivity index (χ4v) is 3.32. The van der Waals surface area contributed by atoms with E-state index in [2.05, 4.69) is 18.5 Å². The predicted molar refractivity (Wildman–Crippen MR) is 105 cm³/mol. The molecular formula is C20H28ClF3N2O2. The molecule has 1 unspecified atom stereocenters. The van der Waals surface area contributed by atoms with E-state index in [4.69, 9.17) is 22.1 Å². The minimum absolute atomic E-state index is 0.132. The third-order valence-electron chi connectivity index (χ3n) is 4.99. The summed E-state index contributed by atoms with van der Waals surface area (Å²) >= 11 is 5.87. The number of amides is 1. The lowest BCUT2D eigenvalue weighted by Crippen LogP contribution is -2.21. The SMILES string of the molecule is C=C(Oc1[nH]c(C(F)(F)F)cc1Cl)/C(CC)=C(/C)CC(C)(CC)CCC(N)=O. The van der Waals surface area contributed by atoms with Crippen molar-refractivity contribution >= 4 is 17.5 Å². The number of hydrogen-bond acceptors (Lipinski definition) is 2. The molecule has 1 rings (SSSR count). The van der Waals surface area contributed by atoms with Crippen LogP contribution >= 0.6 is 11.6 Å². The number of halogens is 4. The number of aromatic amines is 1. The van der Waals surface area contributed by atoms with Crippen molar-refractivity contribution in [2.75, 3.05) is 0 Å². The van der Waals surface area contributed by atoms with Gasteiger partial charge in [0.25, 0.3) is 0 Å². The van der Waals surface area contributed by atoms with E-state index >= 15 is 0 Å². The lowest BCUT2D eigenvalue weighted by atomic mass is 9.76. The first kappa shape index (κ1) is 24.1. The normalized spacial score (nSPS) is 15.0. The third-order valence-corrected chi connectivity index (χ3v) is 5.27. The highest BCUT2D eigenvalue weighted by Crippen LogP contribution is 2.39. The highest BCUT2D eigenvalue weighted by molar-refractivity contribution is 6.32. The first-order valence-electron chi connectivity index (χ1n) is 9.12. The van der Waals surface area contributed by atoms with Crippen molar-refractivity contribution in [3.8, 4) is 5.88 Å². The van der Waals surface area contributed by atoms with Crippen molar-refractivity contribution in [3.05, 3.63) is 40.3 Å². The van der Waals surface area contributed by atoms with Gasteiger partial charge in [0.2, 0.25) is 11.8 Å². The number of nitrogens with one attached hydrogen (secondary N) is 1. The molecule has 0 bridgehead atoms. The molecule has 8 heteroatoms. The number of alkyl halides is 3. The molecular weight excluding hydrogens is 393 g/mol. The third kappa shape index (κ3) is 6.62. The Kier molecular flexibility index (Phi) is 8.23. The van der Waals surface area contributed by atoms with E-state index < -0.39 is 11.9 Å². The van der Waals surface area contributed by atoms with Crippen molar-refractivity contribution < 1.29 is 22.7 Å². The molecule has 1 aromatic heterocycles. The summed E-state index contributed by atoms with van der Waals surface area (Å²) in [6, 6.07) is 0.782. The van der Waals surface area contributed by atoms with Crippen molar-refractivity contribution in [1.82, 2.24) is 4.98 Å². The molecule has 1 amide bonds. The summed E-state index contributed by atoms with van der Waals surface area (Å²) in [6.07, 6.45) is -1.47. The monoisotopic (exact) mass is 420 g/mol. The number of nitrogens with two attached hydrogens (primary N) is 1. The van der Waals surface area contributed by atoms with Gasteiger partial charge in [0, 0.05) is 6.42 Å². The van der Waals surface area contributed by atoms with Crippen molar-refractivity contribution in [1.29, 1.82) is 0 Å². The maximum absolute atomic E-state index is 12.8. The molecule has 0 fully saturated rings. The van der Waals surface area contributed by atoms with Gasteiger partial charge < -0.3 is 15.5 Å². The van der Waals surface area contributed by atoms with E-state index in [0.717, 1.165) is 23.6 Å². The molecule has 1 atom stereocenters. The van der Waals surface area contributed by atoms with Gasteiger partial charge in [0.1, 0.15) is 16.5 Å². The molecule has 158 valence electrons. The smallest absolute Gasteiger partial charge is 0.431 e. The van der Waals surface area contributed by atoms with Crippen LogP contribution in [0.5, 0.6) is 5.88 Å². The zero-order valence-electron chi connectivity index (χ0n) is 16.7. The Morgan fingerprint density at radius 2 is 1.96 bits per heavy atom. The van der Waals surface area contributed by atoms with Gasteiger partial charge in [0.15, 0.2) is 0 Å². The fraction of sp³-hybridized carbons (Fsp3) is 0.550. The van der Waals surface area contributed by atoms with Crippen LogP contribution in [0.2, 0.25) is 5.02 Å². The lowest BCUT2D eigenvalue weighted by molar-refractivity contribution is -0.141. The second-order valence-corrected chi connectivity index (χ2v) is 7.71. The topological polar surface area (TPSA) is 68.1 Å². The van der Waals surface area contributed by atoms with Crippen molar-refractivity contribution in [2.24, 2.45) is 11.1 Å². The molecule has 0 aliphatic rings. The fourth-order valence-electron chi connectivity index (χ4n) is 3.12. The highest BCUT2D eigenvalue weighted by atomic mass is 35.5. The van der Waals surface area contributed by atoms with Gasteiger partial charge in [-0.25, -0.2) is 0 Å². The van der Waals surface area contributed by atoms with Gasteiger partial charge in [0.05, 0.1) is 0 Å². The number of ether oxygens (including phenoxy) is 1. The van der Waals surface area contributed by atoms with Crippen LogP contribution < -0.4 is 10.5 Å². The Morgan fingerprint density at radius 1 is 1.36 bits per heavy atom. The molecule has 0 aliphatic carbocycles. The number of aromatic nitrogens is 1. The second-order valence-electron chi connectivity index (χ2n) is 7.30. The molecule has 4 nitrogen and oxygen atoms in total. The van der Waals surface area contributed by atoms with Crippen LogP contribution in [0.15, 0.2) is 29.6 Å². The van der Waals surface area contributed by atoms with Crippen LogP contribution in [0.4, 0.5) is 13.2 Å². The zero-order valence-corrected chi connectivity index (χ0v) is 17.5. The van der Waals surface area contributed by atoms with Gasteiger partial charge in [-0.3, -0.25) is 4.79 Å². The molecule has 1 heterocycles. The molecule has 28 heavy (non-hydrogen) atoms. The quantitative estimate of drug-likeness (QED) is 0.340. The van der Waals surface area contributed by atoms with Crippen LogP contribution in [-0.2, 0) is 11.0 Å². The summed E-state index contributed by atoms with van der Waals surface area (Å²) in [4.78, 5) is 13.3. The van der Waals surface area contributed by atoms with Gasteiger partial charge in [-0.1, -0.05) is 50.9 Å². The number of primary amides is 1. The Balaban J connectivity index is 3.02. The number of H-pyrrole nitrogens is 1. The van der Waals surface area contributed by atoms with Crippen LogP contribution in [0.25, 0.3) is 0 Å². The van der Waals surface area contributed by atoms with E-state index in [9.17, 15) is 18.0 Å². The minimum Gasteiger partial charge on any atom is -0.440 e. The van der Waals surface area contributed by atoms with Crippen LogP contribution in [0, 0.1) is 5.41 Å². The molecule has 0 radical (unpaired) electrons. The Bertz CT molecular complexity index is 753. The average Bonchev–Trinajstić information content (AvgIpc) is 2.94. The first-order valence-corrected chi connectivity index (χ1v) is 9.50. The van der Waals surface area contributed by atoms with Gasteiger partial charge in [-0.15, -0.1) is 0 Å². The summed E-state index contributed by atoms with van der Waals surface area (Å²) in [7, 11) is 0. The average molecular weight is 421 g/mol. The van der Waals surface area contributed by atoms with E-state index in [-0.39, 0.29) is 28.0 Å². The van der Waals surface area contributed by atoms with Crippen molar-refractivity contribution in [3.63, 3.8) is 0 Å². The summed E-state index contributed by atoms with van der Waals surface area (Å²) in [5, 5.41) is -0.165. The van der Waals surface area contributed by atoms with Gasteiger partial charge in [-0.2, -0.15) is 13.2 Å². The van der Waals surface area contributed by atoms with Crippen LogP contribution in [-0.4, -0.2) is 10.9 Å². The van der Waals surface area contributed by atoms with E-state index in [1.165, 1.54) is 0 Å². The minimum atomic E-state index is -4.55. The molecule has 0 saturated carbocycles. The molecule has 0 aliphatic heterocycles. The largest absolute Gasteiger partial charge is 0.440 e. The van der Waals surface area contributed by atoms with E-state index in [1.807, 2.05) is 20.8 Å². The number of carbonyl (C=O) groups excluding carboxylic acids is 1. The summed E-state index contributed by atoms with van der Waals surface area (Å²) < 4.78 is 44.0. The maximum atomic E-state index is 12.8. The molecule has 0 spiro atoms. The van der Waals surface area contributed by atoms with Crippen molar-refractivity contribution in [2.45, 2.75) is 66.0 Å². The standard InChI is InChI=1S/C20H28ClF3N2O2/c1-6-14(12(3)11-19(5,7-2)9-8-17(25)27)13(4)28-18-15(21)10-16(26-18)20(22,23)24/h10,26H,4,6-9,11H2,1-3,5H3,(H2,25,27)/b14-12-. The maximum Gasteiger partial charge on any atom is 0.431 e. The van der Waals surface area contributed by atoms with Gasteiger partial charge in [-0.05, 0) is 43.2 Å². The zero-order chi connectivity index (χ0) is 21.7. The molecule has 1 aromatic rings. The van der Waals surface area contributed by atoms with E-state index in [0.29, 0.717) is 25.7 Å². The number of allylic oxidation sites excluding steroid dienone is 2. The first-order chi connectivity index (χ1) is 12.8. The predicted octanol–water partition coefficient (Wildman–Crippen LogP) is 6.38. The van der Waals surface area contributed by atoms with E-state index in [1.54, 1.807) is 0 Å². The summed E-state index contributed by atoms with van der Waals surface area (Å²) in [5.41, 5.74) is 5.96. The van der Waals surface area contributed by atoms with Crippen LogP contribution in [0.1, 0.15) is 65.5 Å². The van der Waals surface area contributed by atoms with Crippen LogP contribution in [0.3, 0.4) is 0 Å². The second kappa shape index (κ2) is 9.54. The number of rotatable bonds is 10. The Labute approximate surface area is 169 Å². The molecule has 0 aromatic carbocycles. The Morgan fingerprint density at radius 3 is 2.39 bits per heavy atom. The summed E-state index contributed by atoms with van der Waals surface area (Å²) in [6.45, 7) is 11.8. The number of hydrogen-bond donors (Lipinski definition) is 2. The molecule has 0 saturated heterocycles. The van der Waals surface area contributed by atoms with Gasteiger partial charge >= 0.3 is 6.18 Å². The highest BCUT2D eigenvalue weighted by Gasteiger charge is 2.34. The lowest BCUT2D eigenvalue weighted by Gasteiger charge is -2.29. The number of carbonyl (C=O) groups is 1. The Hall–Kier alpha value is -1.89. The summed E-state index contributed by atoms with van der Waals surface area (Å²) in [5.74, 6) is -0.290.